The monoisotopic (exact) mass is 392 g/mol. The SMILES string of the molecule is CCN(Cc1ccccc1C)C(=O)[C@H](Cc1c[nH]c2ccccc12)NC(=O)CN. The molecule has 29 heavy (non-hydrogen) atoms. The molecular formula is C23H28N4O2. The van der Waals surface area contributed by atoms with Crippen molar-refractivity contribution in [3.63, 3.8) is 0 Å². The average Bonchev–Trinajstić information content (AvgIpc) is 3.15. The Balaban J connectivity index is 1.85. The Morgan fingerprint density at radius 2 is 1.83 bits per heavy atom. The van der Waals surface area contributed by atoms with Crippen molar-refractivity contribution in [1.29, 1.82) is 0 Å². The van der Waals surface area contributed by atoms with Crippen molar-refractivity contribution in [3.8, 4) is 0 Å². The summed E-state index contributed by atoms with van der Waals surface area (Å²) in [6.45, 7) is 4.89. The number of hydrogen-bond donors (Lipinski definition) is 3. The number of aromatic amines is 1. The van der Waals surface area contributed by atoms with Crippen LogP contribution < -0.4 is 11.1 Å². The van der Waals surface area contributed by atoms with E-state index in [1.54, 1.807) is 4.90 Å². The van der Waals surface area contributed by atoms with Gasteiger partial charge in [0.15, 0.2) is 0 Å². The van der Waals surface area contributed by atoms with E-state index in [0.717, 1.165) is 27.6 Å². The van der Waals surface area contributed by atoms with Gasteiger partial charge in [-0.15, -0.1) is 0 Å². The molecule has 0 aliphatic heterocycles. The Kier molecular flexibility index (Phi) is 6.67. The van der Waals surface area contributed by atoms with Crippen molar-refractivity contribution >= 4 is 22.7 Å². The molecule has 3 rings (SSSR count). The smallest absolute Gasteiger partial charge is 0.245 e. The first-order valence-electron chi connectivity index (χ1n) is 9.91. The highest BCUT2D eigenvalue weighted by Gasteiger charge is 2.26. The van der Waals surface area contributed by atoms with Gasteiger partial charge < -0.3 is 20.9 Å². The minimum Gasteiger partial charge on any atom is -0.361 e. The normalized spacial score (nSPS) is 12.0. The number of carbonyl (C=O) groups excluding carboxylic acids is 2. The van der Waals surface area contributed by atoms with Crippen molar-refractivity contribution < 1.29 is 9.59 Å². The summed E-state index contributed by atoms with van der Waals surface area (Å²) in [7, 11) is 0. The lowest BCUT2D eigenvalue weighted by Crippen LogP contribution is -2.50. The van der Waals surface area contributed by atoms with E-state index in [-0.39, 0.29) is 18.4 Å². The average molecular weight is 393 g/mol. The van der Waals surface area contributed by atoms with Crippen molar-refractivity contribution in [2.24, 2.45) is 5.73 Å². The number of H-pyrrole nitrogens is 1. The highest BCUT2D eigenvalue weighted by Crippen LogP contribution is 2.20. The highest BCUT2D eigenvalue weighted by atomic mass is 16.2. The van der Waals surface area contributed by atoms with E-state index < -0.39 is 6.04 Å². The predicted molar refractivity (Wildman–Crippen MR) is 115 cm³/mol. The zero-order valence-electron chi connectivity index (χ0n) is 16.9. The summed E-state index contributed by atoms with van der Waals surface area (Å²) < 4.78 is 0. The second kappa shape index (κ2) is 9.39. The number of rotatable bonds is 8. The molecule has 0 aliphatic carbocycles. The number of nitrogens with zero attached hydrogens (tertiary/aromatic N) is 1. The standard InChI is InChI=1S/C23H28N4O2/c1-3-27(15-17-9-5-4-8-16(17)2)23(29)21(26-22(28)13-24)12-18-14-25-20-11-7-6-10-19(18)20/h4-11,14,21,25H,3,12-13,15,24H2,1-2H3,(H,26,28)/t21-/m0/s1. The summed E-state index contributed by atoms with van der Waals surface area (Å²) in [5.41, 5.74) is 9.72. The maximum Gasteiger partial charge on any atom is 0.245 e. The zero-order valence-corrected chi connectivity index (χ0v) is 16.9. The van der Waals surface area contributed by atoms with Gasteiger partial charge >= 0.3 is 0 Å². The lowest BCUT2D eigenvalue weighted by Gasteiger charge is -2.27. The number of amides is 2. The van der Waals surface area contributed by atoms with Crippen LogP contribution >= 0.6 is 0 Å². The zero-order chi connectivity index (χ0) is 20.8. The van der Waals surface area contributed by atoms with E-state index in [4.69, 9.17) is 5.73 Å². The summed E-state index contributed by atoms with van der Waals surface area (Å²) >= 11 is 0. The summed E-state index contributed by atoms with van der Waals surface area (Å²) in [6.07, 6.45) is 2.30. The molecule has 152 valence electrons. The summed E-state index contributed by atoms with van der Waals surface area (Å²) in [5.74, 6) is -0.446. The van der Waals surface area contributed by atoms with Gasteiger partial charge in [-0.05, 0) is 36.6 Å². The molecule has 0 bridgehead atoms. The van der Waals surface area contributed by atoms with Crippen molar-refractivity contribution in [1.82, 2.24) is 15.2 Å². The fraction of sp³-hybridized carbons (Fsp3) is 0.304. The molecule has 0 radical (unpaired) electrons. The van der Waals surface area contributed by atoms with Crippen molar-refractivity contribution in [2.75, 3.05) is 13.1 Å². The van der Waals surface area contributed by atoms with Crippen molar-refractivity contribution in [3.05, 3.63) is 71.4 Å². The third kappa shape index (κ3) is 4.84. The number of nitrogens with two attached hydrogens (primary N) is 1. The molecule has 0 unspecified atom stereocenters. The topological polar surface area (TPSA) is 91.2 Å². The Bertz CT molecular complexity index is 995. The number of aryl methyl sites for hydroxylation is 1. The summed E-state index contributed by atoms with van der Waals surface area (Å²) in [4.78, 5) is 30.4. The van der Waals surface area contributed by atoms with Crippen molar-refractivity contribution in [2.45, 2.75) is 32.9 Å². The van der Waals surface area contributed by atoms with Crippen LogP contribution in [0.25, 0.3) is 10.9 Å². The number of likely N-dealkylation sites (N-methyl/N-ethyl adjacent to an activating group) is 1. The van der Waals surface area contributed by atoms with E-state index in [2.05, 4.69) is 10.3 Å². The Labute approximate surface area is 171 Å². The maximum absolute atomic E-state index is 13.4. The van der Waals surface area contributed by atoms with Crippen LogP contribution in [0.4, 0.5) is 0 Å². The first-order valence-corrected chi connectivity index (χ1v) is 9.91. The third-order valence-electron chi connectivity index (χ3n) is 5.23. The predicted octanol–water partition coefficient (Wildman–Crippen LogP) is 2.51. The molecule has 3 aromatic rings. The minimum absolute atomic E-state index is 0.108. The molecule has 4 N–H and O–H groups in total. The van der Waals surface area contributed by atoms with Gasteiger partial charge in [0.05, 0.1) is 6.54 Å². The number of carbonyl (C=O) groups is 2. The maximum atomic E-state index is 13.4. The van der Waals surface area contributed by atoms with Crippen LogP contribution in [-0.2, 0) is 22.6 Å². The fourth-order valence-corrected chi connectivity index (χ4v) is 3.53. The van der Waals surface area contributed by atoms with E-state index in [1.807, 2.05) is 68.6 Å². The van der Waals surface area contributed by atoms with Gasteiger partial charge in [-0.25, -0.2) is 0 Å². The molecule has 6 heteroatoms. The number of aromatic nitrogens is 1. The Hall–Kier alpha value is -3.12. The van der Waals surface area contributed by atoms with Crippen LogP contribution in [0, 0.1) is 6.92 Å². The Morgan fingerprint density at radius 3 is 2.55 bits per heavy atom. The number of para-hydroxylation sites is 1. The van der Waals surface area contributed by atoms with Crippen LogP contribution in [-0.4, -0.2) is 40.8 Å². The molecule has 0 spiro atoms. The van der Waals surface area contributed by atoms with Crippen LogP contribution in [0.5, 0.6) is 0 Å². The largest absolute Gasteiger partial charge is 0.361 e. The first kappa shape index (κ1) is 20.6. The van der Waals surface area contributed by atoms with Gasteiger partial charge in [0, 0.05) is 36.6 Å². The lowest BCUT2D eigenvalue weighted by atomic mass is 10.0. The molecule has 2 aromatic carbocycles. The fourth-order valence-electron chi connectivity index (χ4n) is 3.53. The number of hydrogen-bond acceptors (Lipinski definition) is 3. The number of benzene rings is 2. The highest BCUT2D eigenvalue weighted by molar-refractivity contribution is 5.90. The third-order valence-corrected chi connectivity index (χ3v) is 5.23. The van der Waals surface area contributed by atoms with E-state index in [1.165, 1.54) is 0 Å². The first-order chi connectivity index (χ1) is 14.0. The molecule has 1 heterocycles. The van der Waals surface area contributed by atoms with Gasteiger partial charge in [0.25, 0.3) is 0 Å². The summed E-state index contributed by atoms with van der Waals surface area (Å²) in [6, 6.07) is 15.3. The second-order valence-corrected chi connectivity index (χ2v) is 7.17. The van der Waals surface area contributed by atoms with Gasteiger partial charge in [-0.1, -0.05) is 42.5 Å². The van der Waals surface area contributed by atoms with Crippen LogP contribution in [0.1, 0.15) is 23.6 Å². The van der Waals surface area contributed by atoms with Gasteiger partial charge in [-0.2, -0.15) is 0 Å². The molecule has 0 fully saturated rings. The van der Waals surface area contributed by atoms with E-state index in [0.29, 0.717) is 19.5 Å². The Morgan fingerprint density at radius 1 is 1.10 bits per heavy atom. The molecule has 1 aromatic heterocycles. The van der Waals surface area contributed by atoms with E-state index in [9.17, 15) is 9.59 Å². The van der Waals surface area contributed by atoms with Crippen LogP contribution in [0.2, 0.25) is 0 Å². The molecule has 1 atom stereocenters. The quantitative estimate of drug-likeness (QED) is 0.550. The number of fused-ring (bicyclic) bond motifs is 1. The van der Waals surface area contributed by atoms with Gasteiger partial charge in [-0.3, -0.25) is 9.59 Å². The number of nitrogens with one attached hydrogen (secondary N) is 2. The lowest BCUT2D eigenvalue weighted by molar-refractivity contribution is -0.136. The minimum atomic E-state index is -0.672. The molecule has 0 saturated heterocycles. The molecular weight excluding hydrogens is 364 g/mol. The second-order valence-electron chi connectivity index (χ2n) is 7.17. The molecule has 0 saturated carbocycles. The summed E-state index contributed by atoms with van der Waals surface area (Å²) in [5, 5.41) is 3.87. The van der Waals surface area contributed by atoms with Gasteiger partial charge in [0.2, 0.25) is 11.8 Å². The van der Waals surface area contributed by atoms with E-state index >= 15 is 0 Å². The molecule has 0 aliphatic rings. The van der Waals surface area contributed by atoms with Crippen LogP contribution in [0.3, 0.4) is 0 Å². The molecule has 6 nitrogen and oxygen atoms in total. The van der Waals surface area contributed by atoms with Crippen LogP contribution in [0.15, 0.2) is 54.7 Å². The molecule has 2 amide bonds. The van der Waals surface area contributed by atoms with Gasteiger partial charge in [0.1, 0.15) is 6.04 Å².